The van der Waals surface area contributed by atoms with Gasteiger partial charge in [-0.05, 0) is 42.7 Å². The van der Waals surface area contributed by atoms with E-state index >= 15 is 0 Å². The van der Waals surface area contributed by atoms with Gasteiger partial charge in [-0.3, -0.25) is 4.79 Å². The van der Waals surface area contributed by atoms with E-state index in [1.165, 1.54) is 10.3 Å². The van der Waals surface area contributed by atoms with Gasteiger partial charge in [-0.25, -0.2) is 4.98 Å². The molecule has 1 aliphatic rings. The first kappa shape index (κ1) is 19.7. The van der Waals surface area contributed by atoms with E-state index in [1.54, 1.807) is 11.3 Å². The lowest BCUT2D eigenvalue weighted by Gasteiger charge is -2.34. The number of carbonyl (C=O) groups is 1. The minimum absolute atomic E-state index is 0.221. The highest BCUT2D eigenvalue weighted by Crippen LogP contribution is 2.30. The molecule has 2 heterocycles. The van der Waals surface area contributed by atoms with Crippen molar-refractivity contribution in [2.45, 2.75) is 26.2 Å². The molecule has 29 heavy (non-hydrogen) atoms. The average Bonchev–Trinajstić information content (AvgIpc) is 3.20. The molecule has 6 heteroatoms. The Morgan fingerprint density at radius 2 is 1.90 bits per heavy atom. The number of nitrogens with zero attached hydrogens (tertiary/aromatic N) is 3. The highest BCUT2D eigenvalue weighted by atomic mass is 32.1. The summed E-state index contributed by atoms with van der Waals surface area (Å²) >= 11 is 1.75. The van der Waals surface area contributed by atoms with Gasteiger partial charge in [-0.1, -0.05) is 42.5 Å². The third-order valence-electron chi connectivity index (χ3n) is 5.30. The summed E-state index contributed by atoms with van der Waals surface area (Å²) in [7, 11) is 0. The van der Waals surface area contributed by atoms with E-state index in [0.717, 1.165) is 55.4 Å². The second-order valence-electron chi connectivity index (χ2n) is 7.28. The highest BCUT2D eigenvalue weighted by molar-refractivity contribution is 7.22. The van der Waals surface area contributed by atoms with Crippen LogP contribution in [-0.4, -0.2) is 48.6 Å². The largest absolute Gasteiger partial charge is 0.494 e. The first-order valence-electron chi connectivity index (χ1n) is 10.3. The number of amides is 1. The summed E-state index contributed by atoms with van der Waals surface area (Å²) in [6, 6.07) is 16.3. The first-order chi connectivity index (χ1) is 14.2. The minimum Gasteiger partial charge on any atom is -0.494 e. The quantitative estimate of drug-likeness (QED) is 0.544. The Morgan fingerprint density at radius 3 is 2.66 bits per heavy atom. The van der Waals surface area contributed by atoms with Crippen LogP contribution in [0.2, 0.25) is 0 Å². The van der Waals surface area contributed by atoms with Crippen LogP contribution in [0.1, 0.15) is 25.3 Å². The molecule has 0 bridgehead atoms. The number of hydrogen-bond acceptors (Lipinski definition) is 5. The molecule has 1 saturated heterocycles. The fourth-order valence-corrected chi connectivity index (χ4v) is 4.63. The predicted molar refractivity (Wildman–Crippen MR) is 119 cm³/mol. The summed E-state index contributed by atoms with van der Waals surface area (Å²) < 4.78 is 6.92. The molecule has 0 saturated carbocycles. The molecule has 2 aromatic carbocycles. The van der Waals surface area contributed by atoms with Gasteiger partial charge in [0.2, 0.25) is 5.91 Å². The van der Waals surface area contributed by atoms with Gasteiger partial charge in [-0.15, -0.1) is 0 Å². The van der Waals surface area contributed by atoms with Crippen LogP contribution in [0, 0.1) is 0 Å². The van der Waals surface area contributed by atoms with E-state index in [-0.39, 0.29) is 5.91 Å². The first-order valence-corrected chi connectivity index (χ1v) is 11.1. The van der Waals surface area contributed by atoms with E-state index in [2.05, 4.69) is 30.0 Å². The normalized spacial score (nSPS) is 14.4. The molecule has 0 atom stereocenters. The van der Waals surface area contributed by atoms with Crippen LogP contribution in [0.25, 0.3) is 10.2 Å². The van der Waals surface area contributed by atoms with Gasteiger partial charge in [0.15, 0.2) is 5.13 Å². The molecule has 1 fully saturated rings. The Kier molecular flexibility index (Phi) is 6.30. The van der Waals surface area contributed by atoms with Crippen molar-refractivity contribution < 1.29 is 9.53 Å². The number of aryl methyl sites for hydroxylation is 1. The Labute approximate surface area is 175 Å². The third-order valence-corrected chi connectivity index (χ3v) is 6.38. The molecule has 0 radical (unpaired) electrons. The zero-order chi connectivity index (χ0) is 20.1. The molecule has 5 nitrogen and oxygen atoms in total. The number of piperazine rings is 1. The van der Waals surface area contributed by atoms with Crippen molar-refractivity contribution in [1.82, 2.24) is 9.88 Å². The van der Waals surface area contributed by atoms with Gasteiger partial charge in [0, 0.05) is 32.6 Å². The van der Waals surface area contributed by atoms with Crippen LogP contribution >= 0.6 is 11.3 Å². The summed E-state index contributed by atoms with van der Waals surface area (Å²) in [5.41, 5.74) is 2.42. The molecule has 1 aliphatic heterocycles. The number of carbonyl (C=O) groups excluding carboxylic acids is 1. The lowest BCUT2D eigenvalue weighted by molar-refractivity contribution is -0.131. The zero-order valence-corrected chi connectivity index (χ0v) is 17.7. The third kappa shape index (κ3) is 4.88. The smallest absolute Gasteiger partial charge is 0.222 e. The van der Waals surface area contributed by atoms with E-state index in [9.17, 15) is 4.79 Å². The summed E-state index contributed by atoms with van der Waals surface area (Å²) in [6.45, 7) is 5.94. The molecule has 0 aliphatic carbocycles. The van der Waals surface area contributed by atoms with Crippen LogP contribution in [0.5, 0.6) is 5.75 Å². The van der Waals surface area contributed by atoms with E-state index in [0.29, 0.717) is 13.0 Å². The van der Waals surface area contributed by atoms with E-state index in [1.807, 2.05) is 35.2 Å². The lowest BCUT2D eigenvalue weighted by Crippen LogP contribution is -2.48. The van der Waals surface area contributed by atoms with Crippen LogP contribution in [0.15, 0.2) is 48.5 Å². The molecule has 0 N–H and O–H groups in total. The van der Waals surface area contributed by atoms with Gasteiger partial charge in [-0.2, -0.15) is 0 Å². The Hall–Kier alpha value is -2.60. The van der Waals surface area contributed by atoms with E-state index in [4.69, 9.17) is 9.72 Å². The van der Waals surface area contributed by atoms with Crippen molar-refractivity contribution in [3.63, 3.8) is 0 Å². The minimum atomic E-state index is 0.221. The van der Waals surface area contributed by atoms with Crippen LogP contribution in [0.3, 0.4) is 0 Å². The van der Waals surface area contributed by atoms with Crippen molar-refractivity contribution in [2.75, 3.05) is 37.7 Å². The fraction of sp³-hybridized carbons (Fsp3) is 0.391. The maximum Gasteiger partial charge on any atom is 0.222 e. The number of anilines is 1. The molecule has 152 valence electrons. The molecule has 1 aromatic heterocycles. The number of ether oxygens (including phenoxy) is 1. The average molecular weight is 410 g/mol. The monoisotopic (exact) mass is 409 g/mol. The van der Waals surface area contributed by atoms with Gasteiger partial charge < -0.3 is 14.5 Å². The van der Waals surface area contributed by atoms with Crippen molar-refractivity contribution in [3.8, 4) is 5.75 Å². The van der Waals surface area contributed by atoms with Crippen LogP contribution < -0.4 is 9.64 Å². The molecule has 0 unspecified atom stereocenters. The van der Waals surface area contributed by atoms with Crippen molar-refractivity contribution in [2.24, 2.45) is 0 Å². The summed E-state index contributed by atoms with van der Waals surface area (Å²) in [6.07, 6.45) is 2.32. The molecule has 3 aromatic rings. The Bertz CT molecular complexity index is 949. The van der Waals surface area contributed by atoms with Crippen molar-refractivity contribution in [3.05, 3.63) is 54.1 Å². The molecule has 4 rings (SSSR count). The van der Waals surface area contributed by atoms with Crippen molar-refractivity contribution in [1.29, 1.82) is 0 Å². The second kappa shape index (κ2) is 9.27. The number of benzene rings is 2. The Balaban J connectivity index is 1.24. The van der Waals surface area contributed by atoms with E-state index < -0.39 is 0 Å². The molecule has 0 spiro atoms. The maximum absolute atomic E-state index is 12.5. The predicted octanol–water partition coefficient (Wildman–Crippen LogP) is 4.37. The molecule has 1 amide bonds. The number of fused-ring (bicyclic) bond motifs is 1. The fourth-order valence-electron chi connectivity index (χ4n) is 3.55. The molecular formula is C23H27N3O2S. The Morgan fingerprint density at radius 1 is 1.10 bits per heavy atom. The van der Waals surface area contributed by atoms with Crippen LogP contribution in [-0.2, 0) is 11.2 Å². The molecular weight excluding hydrogens is 382 g/mol. The number of hydrogen-bond donors (Lipinski definition) is 0. The summed E-state index contributed by atoms with van der Waals surface area (Å²) in [5.74, 6) is 1.08. The SMILES string of the molecule is CCc1ccc2nc(N3CCN(C(=O)CCCOc4ccccc4)CC3)sc2c1. The summed E-state index contributed by atoms with van der Waals surface area (Å²) in [4.78, 5) is 21.6. The van der Waals surface area contributed by atoms with Crippen molar-refractivity contribution >= 4 is 32.6 Å². The topological polar surface area (TPSA) is 45.7 Å². The highest BCUT2D eigenvalue weighted by Gasteiger charge is 2.22. The number of para-hydroxylation sites is 1. The maximum atomic E-state index is 12.5. The van der Waals surface area contributed by atoms with Gasteiger partial charge in [0.05, 0.1) is 16.8 Å². The zero-order valence-electron chi connectivity index (χ0n) is 16.8. The van der Waals surface area contributed by atoms with Gasteiger partial charge in [0.25, 0.3) is 0 Å². The summed E-state index contributed by atoms with van der Waals surface area (Å²) in [5, 5.41) is 1.07. The second-order valence-corrected chi connectivity index (χ2v) is 8.29. The lowest BCUT2D eigenvalue weighted by atomic mass is 10.2. The number of thiazole rings is 1. The van der Waals surface area contributed by atoms with Gasteiger partial charge in [0.1, 0.15) is 5.75 Å². The van der Waals surface area contributed by atoms with Gasteiger partial charge >= 0.3 is 0 Å². The standard InChI is InChI=1S/C23H27N3O2S/c1-2-18-10-11-20-21(17-18)29-23(24-20)26-14-12-25(13-15-26)22(27)9-6-16-28-19-7-4-3-5-8-19/h3-5,7-8,10-11,17H,2,6,9,12-16H2,1H3. The van der Waals surface area contributed by atoms with Crippen LogP contribution in [0.4, 0.5) is 5.13 Å². The number of aromatic nitrogens is 1. The number of rotatable bonds is 7.